The minimum absolute atomic E-state index is 0.278. The molecule has 0 atom stereocenters. The number of ether oxygens (including phenoxy) is 1. The molecule has 0 aliphatic rings. The molecule has 1 N–H and O–H groups in total. The van der Waals surface area contributed by atoms with E-state index in [4.69, 9.17) is 0 Å². The first-order valence-corrected chi connectivity index (χ1v) is 5.22. The van der Waals surface area contributed by atoms with Crippen molar-refractivity contribution in [3.63, 3.8) is 0 Å². The van der Waals surface area contributed by atoms with Crippen molar-refractivity contribution in [1.29, 1.82) is 0 Å². The van der Waals surface area contributed by atoms with E-state index >= 15 is 0 Å². The van der Waals surface area contributed by atoms with Crippen LogP contribution in [0.15, 0.2) is 42.0 Å². The van der Waals surface area contributed by atoms with Crippen molar-refractivity contribution < 1.29 is 14.3 Å². The van der Waals surface area contributed by atoms with Crippen molar-refractivity contribution in [2.24, 2.45) is 0 Å². The van der Waals surface area contributed by atoms with E-state index in [1.807, 2.05) is 30.3 Å². The van der Waals surface area contributed by atoms with Crippen molar-refractivity contribution in [3.8, 4) is 0 Å². The lowest BCUT2D eigenvalue weighted by atomic mass is 10.2. The minimum atomic E-state index is -0.530. The number of methoxy groups -OCH3 is 1. The first kappa shape index (κ1) is 13.0. The average Bonchev–Trinajstić information content (AvgIpc) is 2.36. The average molecular weight is 233 g/mol. The number of carbonyl (C=O) groups is 2. The van der Waals surface area contributed by atoms with Crippen LogP contribution in [-0.2, 0) is 20.9 Å². The fourth-order valence-electron chi connectivity index (χ4n) is 1.22. The highest BCUT2D eigenvalue weighted by Crippen LogP contribution is 1.99. The lowest BCUT2D eigenvalue weighted by molar-refractivity contribution is -0.135. The lowest BCUT2D eigenvalue weighted by Crippen LogP contribution is -2.24. The predicted octanol–water partition coefficient (Wildman–Crippen LogP) is 1.42. The second-order valence-corrected chi connectivity index (χ2v) is 3.52. The maximum atomic E-state index is 11.6. The van der Waals surface area contributed by atoms with Crippen molar-refractivity contribution in [1.82, 2.24) is 5.32 Å². The van der Waals surface area contributed by atoms with E-state index in [1.54, 1.807) is 6.92 Å². The van der Waals surface area contributed by atoms with E-state index < -0.39 is 5.97 Å². The van der Waals surface area contributed by atoms with E-state index in [2.05, 4.69) is 10.1 Å². The molecule has 1 aromatic carbocycles. The maximum Gasteiger partial charge on any atom is 0.330 e. The van der Waals surface area contributed by atoms with Crippen LogP contribution in [0.2, 0.25) is 0 Å². The zero-order chi connectivity index (χ0) is 12.7. The summed E-state index contributed by atoms with van der Waals surface area (Å²) in [7, 11) is 1.27. The van der Waals surface area contributed by atoms with Crippen molar-refractivity contribution in [3.05, 3.63) is 47.5 Å². The molecular formula is C13H15NO3. The van der Waals surface area contributed by atoms with Gasteiger partial charge in [0.2, 0.25) is 5.91 Å². The highest BCUT2D eigenvalue weighted by Gasteiger charge is 2.06. The molecule has 0 heterocycles. The summed E-state index contributed by atoms with van der Waals surface area (Å²) in [4.78, 5) is 22.5. The molecule has 0 unspecified atom stereocenters. The third-order valence-electron chi connectivity index (χ3n) is 2.19. The summed E-state index contributed by atoms with van der Waals surface area (Å²) in [6.07, 6.45) is 1.17. The first-order valence-electron chi connectivity index (χ1n) is 5.22. The molecule has 1 amide bonds. The lowest BCUT2D eigenvalue weighted by Gasteiger charge is -2.05. The van der Waals surface area contributed by atoms with Gasteiger partial charge in [-0.1, -0.05) is 30.3 Å². The van der Waals surface area contributed by atoms with Gasteiger partial charge in [-0.25, -0.2) is 4.79 Å². The van der Waals surface area contributed by atoms with Gasteiger partial charge in [0.15, 0.2) is 0 Å². The Labute approximate surface area is 100 Å². The monoisotopic (exact) mass is 233 g/mol. The maximum absolute atomic E-state index is 11.6. The second kappa shape index (κ2) is 6.48. The molecule has 0 spiro atoms. The van der Waals surface area contributed by atoms with Gasteiger partial charge in [0.05, 0.1) is 7.11 Å². The van der Waals surface area contributed by atoms with Gasteiger partial charge < -0.3 is 10.1 Å². The predicted molar refractivity (Wildman–Crippen MR) is 64.1 cm³/mol. The van der Waals surface area contributed by atoms with E-state index in [1.165, 1.54) is 13.2 Å². The fourth-order valence-corrected chi connectivity index (χ4v) is 1.22. The third-order valence-corrected chi connectivity index (χ3v) is 2.19. The number of amides is 1. The summed E-state index contributed by atoms with van der Waals surface area (Å²) >= 11 is 0. The summed E-state index contributed by atoms with van der Waals surface area (Å²) in [5.74, 6) is -0.809. The molecule has 4 heteroatoms. The fraction of sp³-hybridized carbons (Fsp3) is 0.231. The van der Waals surface area contributed by atoms with Crippen LogP contribution in [0.25, 0.3) is 0 Å². The number of carbonyl (C=O) groups excluding carboxylic acids is 2. The summed E-state index contributed by atoms with van der Waals surface area (Å²) in [6.45, 7) is 2.00. The van der Waals surface area contributed by atoms with Gasteiger partial charge in [0.25, 0.3) is 0 Å². The molecule has 0 aliphatic carbocycles. The summed E-state index contributed by atoms with van der Waals surface area (Å²) < 4.78 is 4.44. The Bertz CT molecular complexity index is 424. The molecule has 17 heavy (non-hydrogen) atoms. The Morgan fingerprint density at radius 1 is 1.29 bits per heavy atom. The van der Waals surface area contributed by atoms with Gasteiger partial charge >= 0.3 is 5.97 Å². The van der Waals surface area contributed by atoms with Gasteiger partial charge in [-0.15, -0.1) is 0 Å². The largest absolute Gasteiger partial charge is 0.466 e. The normalized spacial score (nSPS) is 10.8. The molecule has 0 saturated heterocycles. The Morgan fingerprint density at radius 2 is 1.94 bits per heavy atom. The Kier molecular flexibility index (Phi) is 4.94. The van der Waals surface area contributed by atoms with E-state index in [0.29, 0.717) is 12.1 Å². The molecule has 0 aliphatic heterocycles. The smallest absolute Gasteiger partial charge is 0.330 e. The third kappa shape index (κ3) is 4.51. The van der Waals surface area contributed by atoms with Crippen LogP contribution >= 0.6 is 0 Å². The zero-order valence-corrected chi connectivity index (χ0v) is 9.90. The molecule has 90 valence electrons. The molecule has 0 bridgehead atoms. The zero-order valence-electron chi connectivity index (χ0n) is 9.90. The molecule has 0 saturated carbocycles. The second-order valence-electron chi connectivity index (χ2n) is 3.52. The highest BCUT2D eigenvalue weighted by atomic mass is 16.5. The molecule has 0 radical (unpaired) electrons. The Hall–Kier alpha value is -2.10. The number of hydrogen-bond donors (Lipinski definition) is 1. The highest BCUT2D eigenvalue weighted by molar-refractivity contribution is 5.98. The first-order chi connectivity index (χ1) is 8.13. The van der Waals surface area contributed by atoms with Crippen LogP contribution < -0.4 is 5.32 Å². The van der Waals surface area contributed by atoms with E-state index in [-0.39, 0.29) is 5.91 Å². The van der Waals surface area contributed by atoms with Crippen molar-refractivity contribution >= 4 is 11.9 Å². The van der Waals surface area contributed by atoms with Crippen LogP contribution in [0.1, 0.15) is 12.5 Å². The van der Waals surface area contributed by atoms with Crippen LogP contribution in [-0.4, -0.2) is 19.0 Å². The standard InChI is InChI=1S/C13H15NO3/c1-10(8-12(15)17-2)13(16)14-9-11-6-4-3-5-7-11/h3-8H,9H2,1-2H3,(H,14,16)/b10-8+. The van der Waals surface area contributed by atoms with Crippen molar-refractivity contribution in [2.75, 3.05) is 7.11 Å². The van der Waals surface area contributed by atoms with Crippen LogP contribution in [0, 0.1) is 0 Å². The summed E-state index contributed by atoms with van der Waals surface area (Å²) in [5.41, 5.74) is 1.33. The van der Waals surface area contributed by atoms with E-state index in [0.717, 1.165) is 5.56 Å². The topological polar surface area (TPSA) is 55.4 Å². The van der Waals surface area contributed by atoms with Crippen LogP contribution in [0.4, 0.5) is 0 Å². The van der Waals surface area contributed by atoms with Crippen LogP contribution in [0.3, 0.4) is 0 Å². The Morgan fingerprint density at radius 3 is 2.53 bits per heavy atom. The molecular weight excluding hydrogens is 218 g/mol. The quantitative estimate of drug-likeness (QED) is 0.632. The summed E-state index contributed by atoms with van der Waals surface area (Å²) in [5, 5.41) is 2.71. The van der Waals surface area contributed by atoms with Gasteiger partial charge in [-0.3, -0.25) is 4.79 Å². The molecule has 1 aromatic rings. The number of nitrogens with one attached hydrogen (secondary N) is 1. The van der Waals surface area contributed by atoms with Gasteiger partial charge in [-0.05, 0) is 12.5 Å². The SMILES string of the molecule is COC(=O)/C=C(\C)C(=O)NCc1ccccc1. The Balaban J connectivity index is 2.50. The van der Waals surface area contributed by atoms with Crippen molar-refractivity contribution in [2.45, 2.75) is 13.5 Å². The number of benzene rings is 1. The molecule has 0 aromatic heterocycles. The summed E-state index contributed by atoms with van der Waals surface area (Å²) in [6, 6.07) is 9.55. The number of esters is 1. The van der Waals surface area contributed by atoms with Crippen LogP contribution in [0.5, 0.6) is 0 Å². The van der Waals surface area contributed by atoms with Gasteiger partial charge in [0.1, 0.15) is 0 Å². The molecule has 0 fully saturated rings. The van der Waals surface area contributed by atoms with E-state index in [9.17, 15) is 9.59 Å². The minimum Gasteiger partial charge on any atom is -0.466 e. The number of rotatable bonds is 4. The van der Waals surface area contributed by atoms with Gasteiger partial charge in [-0.2, -0.15) is 0 Å². The molecule has 1 rings (SSSR count). The number of hydrogen-bond acceptors (Lipinski definition) is 3. The molecule has 4 nitrogen and oxygen atoms in total. The van der Waals surface area contributed by atoms with Gasteiger partial charge in [0, 0.05) is 18.2 Å².